The monoisotopic (exact) mass is 420 g/mol. The maximum Gasteiger partial charge on any atom is 0.303 e. The predicted octanol–water partition coefficient (Wildman–Crippen LogP) is 3.88. The number of aliphatic hydroxyl groups excluding tert-OH is 1. The highest BCUT2D eigenvalue weighted by Crippen LogP contribution is 2.33. The highest BCUT2D eigenvalue weighted by Gasteiger charge is 2.32. The van der Waals surface area contributed by atoms with Crippen LogP contribution in [0, 0.1) is 11.8 Å². The summed E-state index contributed by atoms with van der Waals surface area (Å²) in [5.74, 6) is 1.45. The van der Waals surface area contributed by atoms with Crippen LogP contribution in [0.4, 0.5) is 0 Å². The van der Waals surface area contributed by atoms with Crippen LogP contribution in [0.3, 0.4) is 0 Å². The summed E-state index contributed by atoms with van der Waals surface area (Å²) in [5, 5.41) is 19.1. The van der Waals surface area contributed by atoms with Gasteiger partial charge in [0.2, 0.25) is 0 Å². The molecule has 0 heterocycles. The van der Waals surface area contributed by atoms with Crippen LogP contribution >= 0.6 is 11.8 Å². The molecule has 0 aliphatic heterocycles. The van der Waals surface area contributed by atoms with Gasteiger partial charge in [0.15, 0.2) is 0 Å². The first-order valence-corrected chi connectivity index (χ1v) is 11.4. The molecule has 1 aromatic carbocycles. The van der Waals surface area contributed by atoms with E-state index in [1.807, 2.05) is 36.4 Å². The number of ether oxygens (including phenoxy) is 1. The van der Waals surface area contributed by atoms with Gasteiger partial charge in [0, 0.05) is 32.3 Å². The predicted molar refractivity (Wildman–Crippen MR) is 116 cm³/mol. The number of aliphatic carboxylic acids is 1. The van der Waals surface area contributed by atoms with Crippen molar-refractivity contribution in [3.63, 3.8) is 0 Å². The molecule has 1 aliphatic rings. The van der Waals surface area contributed by atoms with Crippen LogP contribution in [-0.2, 0) is 27.4 Å². The molecule has 160 valence electrons. The van der Waals surface area contributed by atoms with Gasteiger partial charge in [-0.1, -0.05) is 36.4 Å². The molecule has 29 heavy (non-hydrogen) atoms. The topological polar surface area (TPSA) is 83.8 Å². The number of thioether (sulfide) groups is 1. The van der Waals surface area contributed by atoms with Crippen molar-refractivity contribution < 1.29 is 24.5 Å². The SMILES string of the molecule is COCc1cccc(C[C@H](O)C=C[C@H]2CCC(=O)[C@@H]2CCSCCCC(=O)O)c1. The maximum absolute atomic E-state index is 12.2. The fraction of sp³-hybridized carbons (Fsp3) is 0.565. The van der Waals surface area contributed by atoms with E-state index in [1.54, 1.807) is 18.9 Å². The normalized spacial score (nSPS) is 20.4. The van der Waals surface area contributed by atoms with Gasteiger partial charge in [0.05, 0.1) is 12.7 Å². The molecular formula is C23H32O5S. The van der Waals surface area contributed by atoms with E-state index in [-0.39, 0.29) is 18.3 Å². The van der Waals surface area contributed by atoms with Crippen LogP contribution in [0.1, 0.15) is 43.2 Å². The van der Waals surface area contributed by atoms with Gasteiger partial charge in [0.1, 0.15) is 5.78 Å². The van der Waals surface area contributed by atoms with Crippen LogP contribution in [0.15, 0.2) is 36.4 Å². The molecule has 1 fully saturated rings. The van der Waals surface area contributed by atoms with Gasteiger partial charge in [-0.2, -0.15) is 11.8 Å². The summed E-state index contributed by atoms with van der Waals surface area (Å²) < 4.78 is 5.15. The fourth-order valence-electron chi connectivity index (χ4n) is 3.77. The van der Waals surface area contributed by atoms with Gasteiger partial charge >= 0.3 is 5.97 Å². The molecule has 2 N–H and O–H groups in total. The second kappa shape index (κ2) is 12.8. The van der Waals surface area contributed by atoms with Crippen LogP contribution in [0.2, 0.25) is 0 Å². The average molecular weight is 421 g/mol. The minimum Gasteiger partial charge on any atom is -0.481 e. The largest absolute Gasteiger partial charge is 0.481 e. The summed E-state index contributed by atoms with van der Waals surface area (Å²) in [4.78, 5) is 22.8. The Bertz CT molecular complexity index is 688. The molecule has 0 aromatic heterocycles. The Hall–Kier alpha value is -1.63. The number of hydrogen-bond acceptors (Lipinski definition) is 5. The summed E-state index contributed by atoms with van der Waals surface area (Å²) in [5.41, 5.74) is 2.15. The summed E-state index contributed by atoms with van der Waals surface area (Å²) in [7, 11) is 1.66. The van der Waals surface area contributed by atoms with Crippen molar-refractivity contribution in [3.8, 4) is 0 Å². The number of carbonyl (C=O) groups excluding carboxylic acids is 1. The number of aliphatic hydroxyl groups is 1. The molecule has 1 aromatic rings. The van der Waals surface area contributed by atoms with E-state index in [0.717, 1.165) is 35.5 Å². The summed E-state index contributed by atoms with van der Waals surface area (Å²) in [6, 6.07) is 8.02. The lowest BCUT2D eigenvalue weighted by atomic mass is 9.92. The number of hydrogen-bond donors (Lipinski definition) is 2. The quantitative estimate of drug-likeness (QED) is 0.372. The molecule has 1 saturated carbocycles. The third kappa shape index (κ3) is 8.72. The molecule has 0 spiro atoms. The Balaban J connectivity index is 1.79. The first-order valence-electron chi connectivity index (χ1n) is 10.2. The van der Waals surface area contributed by atoms with E-state index in [1.165, 1.54) is 0 Å². The van der Waals surface area contributed by atoms with Gasteiger partial charge < -0.3 is 14.9 Å². The van der Waals surface area contributed by atoms with Crippen molar-refractivity contribution in [2.24, 2.45) is 11.8 Å². The van der Waals surface area contributed by atoms with Crippen molar-refractivity contribution in [2.75, 3.05) is 18.6 Å². The molecule has 0 radical (unpaired) electrons. The fourth-order valence-corrected chi connectivity index (χ4v) is 4.74. The second-order valence-electron chi connectivity index (χ2n) is 7.58. The zero-order valence-corrected chi connectivity index (χ0v) is 17.9. The molecule has 0 bridgehead atoms. The number of methoxy groups -OCH3 is 1. The highest BCUT2D eigenvalue weighted by molar-refractivity contribution is 7.99. The zero-order valence-electron chi connectivity index (χ0n) is 17.1. The van der Waals surface area contributed by atoms with E-state index >= 15 is 0 Å². The molecule has 5 nitrogen and oxygen atoms in total. The number of carboxylic acids is 1. The van der Waals surface area contributed by atoms with Crippen molar-refractivity contribution in [1.29, 1.82) is 0 Å². The number of Topliss-reactive ketones (excluding diaryl/α,β-unsaturated/α-hetero) is 1. The number of carboxylic acid groups (broad SMARTS) is 1. The molecule has 2 rings (SSSR count). The third-order valence-corrected chi connectivity index (χ3v) is 6.34. The Kier molecular flexibility index (Phi) is 10.5. The van der Waals surface area contributed by atoms with Crippen LogP contribution < -0.4 is 0 Å². The summed E-state index contributed by atoms with van der Waals surface area (Å²) in [6.45, 7) is 0.556. The minimum atomic E-state index is -0.759. The van der Waals surface area contributed by atoms with Crippen molar-refractivity contribution >= 4 is 23.5 Å². The van der Waals surface area contributed by atoms with Gasteiger partial charge in [-0.3, -0.25) is 9.59 Å². The molecular weight excluding hydrogens is 388 g/mol. The van der Waals surface area contributed by atoms with E-state index < -0.39 is 12.1 Å². The van der Waals surface area contributed by atoms with Crippen molar-refractivity contribution in [3.05, 3.63) is 47.5 Å². The van der Waals surface area contributed by atoms with Crippen molar-refractivity contribution in [1.82, 2.24) is 0 Å². The van der Waals surface area contributed by atoms with Crippen LogP contribution in [-0.4, -0.2) is 46.7 Å². The maximum atomic E-state index is 12.2. The minimum absolute atomic E-state index is 0.0236. The average Bonchev–Trinajstić information content (AvgIpc) is 3.03. The second-order valence-corrected chi connectivity index (χ2v) is 8.81. The Morgan fingerprint density at radius 2 is 2.14 bits per heavy atom. The Labute approximate surface area is 177 Å². The lowest BCUT2D eigenvalue weighted by Crippen LogP contribution is -2.15. The molecule has 6 heteroatoms. The van der Waals surface area contributed by atoms with Crippen LogP contribution in [0.5, 0.6) is 0 Å². The summed E-state index contributed by atoms with van der Waals surface area (Å²) in [6.07, 6.45) is 6.97. The van der Waals surface area contributed by atoms with Crippen LogP contribution in [0.25, 0.3) is 0 Å². The molecule has 0 saturated heterocycles. The number of ketones is 1. The summed E-state index contributed by atoms with van der Waals surface area (Å²) >= 11 is 1.72. The van der Waals surface area contributed by atoms with Gasteiger partial charge in [-0.25, -0.2) is 0 Å². The lowest BCUT2D eigenvalue weighted by molar-refractivity contribution is -0.137. The Morgan fingerprint density at radius 1 is 1.34 bits per heavy atom. The van der Waals surface area contributed by atoms with E-state index in [9.17, 15) is 14.7 Å². The first-order chi connectivity index (χ1) is 14.0. The molecule has 1 aliphatic carbocycles. The van der Waals surface area contributed by atoms with E-state index in [0.29, 0.717) is 31.7 Å². The standard InChI is InChI=1S/C23H32O5S/c1-28-16-18-5-2-4-17(14-18)15-20(24)9-7-19-8-10-22(25)21(19)11-13-29-12-3-6-23(26)27/h2,4-5,7,9,14,19-21,24H,3,6,8,10-13,15-16H2,1H3,(H,26,27)/t19-,20+,21+/m0/s1. The number of allylic oxidation sites excluding steroid dienone is 1. The van der Waals surface area contributed by atoms with E-state index in [4.69, 9.17) is 9.84 Å². The third-order valence-electron chi connectivity index (χ3n) is 5.23. The van der Waals surface area contributed by atoms with E-state index in [2.05, 4.69) is 0 Å². The number of carbonyl (C=O) groups is 2. The smallest absolute Gasteiger partial charge is 0.303 e. The molecule has 3 atom stereocenters. The molecule has 0 unspecified atom stereocenters. The lowest BCUT2D eigenvalue weighted by Gasteiger charge is -2.15. The zero-order chi connectivity index (χ0) is 21.1. The highest BCUT2D eigenvalue weighted by atomic mass is 32.2. The van der Waals surface area contributed by atoms with Crippen molar-refractivity contribution in [2.45, 2.75) is 51.2 Å². The van der Waals surface area contributed by atoms with Gasteiger partial charge in [0.25, 0.3) is 0 Å². The number of benzene rings is 1. The van der Waals surface area contributed by atoms with Gasteiger partial charge in [-0.05, 0) is 47.8 Å². The van der Waals surface area contributed by atoms with Gasteiger partial charge in [-0.15, -0.1) is 0 Å². The Morgan fingerprint density at radius 3 is 2.90 bits per heavy atom. The molecule has 0 amide bonds. The first kappa shape index (κ1) is 23.6. The number of rotatable bonds is 13.